The molecule has 9 heteroatoms. The lowest BCUT2D eigenvalue weighted by Gasteiger charge is -2.35. The number of halogens is 1. The predicted molar refractivity (Wildman–Crippen MR) is 116 cm³/mol. The maximum absolute atomic E-state index is 13.1. The van der Waals surface area contributed by atoms with Gasteiger partial charge in [0.15, 0.2) is 0 Å². The van der Waals surface area contributed by atoms with Crippen molar-refractivity contribution in [2.24, 2.45) is 9.98 Å². The van der Waals surface area contributed by atoms with Crippen LogP contribution in [0, 0.1) is 5.82 Å². The quantitative estimate of drug-likeness (QED) is 0.814. The van der Waals surface area contributed by atoms with Crippen LogP contribution in [0.5, 0.6) is 0 Å². The van der Waals surface area contributed by atoms with Gasteiger partial charge in [-0.25, -0.2) is 22.8 Å². The van der Waals surface area contributed by atoms with Crippen molar-refractivity contribution in [1.29, 1.82) is 0 Å². The Labute approximate surface area is 176 Å². The van der Waals surface area contributed by atoms with Gasteiger partial charge < -0.3 is 10.2 Å². The third kappa shape index (κ3) is 4.52. The zero-order valence-corrected chi connectivity index (χ0v) is 17.5. The number of benzene rings is 2. The molecule has 0 amide bonds. The van der Waals surface area contributed by atoms with Crippen molar-refractivity contribution in [1.82, 2.24) is 9.21 Å². The van der Waals surface area contributed by atoms with Crippen molar-refractivity contribution >= 4 is 27.5 Å². The lowest BCUT2D eigenvalue weighted by Crippen LogP contribution is -2.51. The molecule has 0 radical (unpaired) electrons. The van der Waals surface area contributed by atoms with Gasteiger partial charge >= 0.3 is 0 Å². The van der Waals surface area contributed by atoms with Crippen molar-refractivity contribution in [3.05, 3.63) is 60.4 Å². The SMILES string of the molecule is CC1CC(Nc2ccc(F)cc2)=NC(N2CCN(S(=O)(=O)c3ccccc3)CC2)=N1. The lowest BCUT2D eigenvalue weighted by atomic mass is 10.2. The molecule has 1 N–H and O–H groups in total. The summed E-state index contributed by atoms with van der Waals surface area (Å²) in [5.74, 6) is 1.08. The molecule has 0 spiro atoms. The Hall–Kier alpha value is -2.78. The second-order valence-electron chi connectivity index (χ2n) is 7.38. The smallest absolute Gasteiger partial charge is 0.243 e. The molecule has 1 fully saturated rings. The molecular weight excluding hydrogens is 405 g/mol. The summed E-state index contributed by atoms with van der Waals surface area (Å²) in [7, 11) is -3.49. The molecule has 2 heterocycles. The van der Waals surface area contributed by atoms with Crippen LogP contribution in [0.1, 0.15) is 13.3 Å². The van der Waals surface area contributed by atoms with E-state index in [4.69, 9.17) is 0 Å². The molecule has 1 unspecified atom stereocenters. The van der Waals surface area contributed by atoms with E-state index in [0.717, 1.165) is 11.5 Å². The summed E-state index contributed by atoms with van der Waals surface area (Å²) >= 11 is 0. The predicted octanol–water partition coefficient (Wildman–Crippen LogP) is 2.79. The summed E-state index contributed by atoms with van der Waals surface area (Å²) < 4.78 is 40.3. The zero-order valence-electron chi connectivity index (χ0n) is 16.7. The van der Waals surface area contributed by atoms with Crippen LogP contribution in [-0.2, 0) is 10.0 Å². The summed E-state index contributed by atoms with van der Waals surface area (Å²) in [5, 5.41) is 3.23. The number of amidine groups is 1. The summed E-state index contributed by atoms with van der Waals surface area (Å²) in [6.45, 7) is 3.80. The highest BCUT2D eigenvalue weighted by atomic mass is 32.2. The number of rotatable bonds is 3. The highest BCUT2D eigenvalue weighted by Crippen LogP contribution is 2.19. The van der Waals surface area contributed by atoms with Gasteiger partial charge in [0.2, 0.25) is 16.0 Å². The average molecular weight is 430 g/mol. The molecule has 158 valence electrons. The molecule has 0 aromatic heterocycles. The fraction of sp³-hybridized carbons (Fsp3) is 0.333. The van der Waals surface area contributed by atoms with Crippen LogP contribution in [-0.4, -0.2) is 61.6 Å². The molecule has 0 aliphatic carbocycles. The third-order valence-electron chi connectivity index (χ3n) is 5.09. The van der Waals surface area contributed by atoms with Crippen LogP contribution in [0.3, 0.4) is 0 Å². The fourth-order valence-corrected chi connectivity index (χ4v) is 4.96. The van der Waals surface area contributed by atoms with E-state index >= 15 is 0 Å². The van der Waals surface area contributed by atoms with E-state index in [-0.39, 0.29) is 11.9 Å². The number of nitrogens with zero attached hydrogens (tertiary/aromatic N) is 4. The first-order chi connectivity index (χ1) is 14.4. The summed E-state index contributed by atoms with van der Waals surface area (Å²) in [5.41, 5.74) is 0.766. The molecule has 2 aromatic rings. The molecule has 1 atom stereocenters. The number of nitrogens with one attached hydrogen (secondary N) is 1. The first-order valence-corrected chi connectivity index (χ1v) is 11.3. The van der Waals surface area contributed by atoms with E-state index in [1.807, 2.05) is 11.8 Å². The maximum Gasteiger partial charge on any atom is 0.243 e. The summed E-state index contributed by atoms with van der Waals surface area (Å²) in [4.78, 5) is 11.6. The molecular formula is C21H24FN5O2S. The minimum absolute atomic E-state index is 0.0477. The van der Waals surface area contributed by atoms with Crippen molar-refractivity contribution in [2.75, 3.05) is 31.5 Å². The highest BCUT2D eigenvalue weighted by molar-refractivity contribution is 7.89. The number of piperazine rings is 1. The maximum atomic E-state index is 13.1. The van der Waals surface area contributed by atoms with Gasteiger partial charge in [0.25, 0.3) is 0 Å². The Bertz CT molecular complexity index is 1050. The number of aliphatic imine (C=N–C) groups is 2. The molecule has 2 aliphatic rings. The molecule has 0 bridgehead atoms. The molecule has 30 heavy (non-hydrogen) atoms. The van der Waals surface area contributed by atoms with Crippen LogP contribution in [0.25, 0.3) is 0 Å². The van der Waals surface area contributed by atoms with Gasteiger partial charge in [-0.2, -0.15) is 4.31 Å². The Morgan fingerprint density at radius 2 is 1.67 bits per heavy atom. The van der Waals surface area contributed by atoms with E-state index in [1.54, 1.807) is 42.5 Å². The van der Waals surface area contributed by atoms with Crippen LogP contribution >= 0.6 is 0 Å². The van der Waals surface area contributed by atoms with Crippen LogP contribution in [0.4, 0.5) is 10.1 Å². The fourth-order valence-electron chi connectivity index (χ4n) is 3.52. The molecule has 0 saturated carbocycles. The number of guanidine groups is 1. The van der Waals surface area contributed by atoms with E-state index in [0.29, 0.717) is 43.5 Å². The minimum atomic E-state index is -3.49. The molecule has 4 rings (SSSR count). The van der Waals surface area contributed by atoms with Gasteiger partial charge in [-0.3, -0.25) is 0 Å². The number of hydrogen-bond donors (Lipinski definition) is 1. The summed E-state index contributed by atoms with van der Waals surface area (Å²) in [6, 6.07) is 14.7. The van der Waals surface area contributed by atoms with Gasteiger partial charge in [0.05, 0.1) is 10.9 Å². The highest BCUT2D eigenvalue weighted by Gasteiger charge is 2.30. The first-order valence-electron chi connectivity index (χ1n) is 9.90. The zero-order chi connectivity index (χ0) is 21.1. The van der Waals surface area contributed by atoms with Crippen molar-refractivity contribution in [3.63, 3.8) is 0 Å². The average Bonchev–Trinajstić information content (AvgIpc) is 2.76. The number of sulfonamides is 1. The van der Waals surface area contributed by atoms with Crippen LogP contribution < -0.4 is 5.32 Å². The van der Waals surface area contributed by atoms with Gasteiger partial charge in [-0.05, 0) is 43.3 Å². The monoisotopic (exact) mass is 429 g/mol. The molecule has 2 aliphatic heterocycles. The van der Waals surface area contributed by atoms with E-state index < -0.39 is 10.0 Å². The molecule has 1 saturated heterocycles. The standard InChI is InChI=1S/C21H24FN5O2S/c1-16-15-20(24-18-9-7-17(22)8-10-18)25-21(23-16)26-11-13-27(14-12-26)30(28,29)19-5-3-2-4-6-19/h2-10,16H,11-15H2,1H3,(H,23,24,25). The molecule has 7 nitrogen and oxygen atoms in total. The molecule has 2 aromatic carbocycles. The lowest BCUT2D eigenvalue weighted by molar-refractivity contribution is 0.263. The van der Waals surface area contributed by atoms with Crippen LogP contribution in [0.2, 0.25) is 0 Å². The Morgan fingerprint density at radius 1 is 1.00 bits per heavy atom. The second-order valence-corrected chi connectivity index (χ2v) is 9.31. The Kier molecular flexibility index (Phi) is 5.83. The van der Waals surface area contributed by atoms with E-state index in [2.05, 4.69) is 15.3 Å². The van der Waals surface area contributed by atoms with Crippen molar-refractivity contribution in [2.45, 2.75) is 24.3 Å². The van der Waals surface area contributed by atoms with Crippen molar-refractivity contribution in [3.8, 4) is 0 Å². The third-order valence-corrected chi connectivity index (χ3v) is 7.01. The van der Waals surface area contributed by atoms with Crippen LogP contribution in [0.15, 0.2) is 69.5 Å². The minimum Gasteiger partial charge on any atom is -0.344 e. The van der Waals surface area contributed by atoms with Crippen molar-refractivity contribution < 1.29 is 12.8 Å². The van der Waals surface area contributed by atoms with Gasteiger partial charge in [-0.1, -0.05) is 18.2 Å². The Morgan fingerprint density at radius 3 is 2.33 bits per heavy atom. The van der Waals surface area contributed by atoms with Gasteiger partial charge in [-0.15, -0.1) is 0 Å². The number of hydrogen-bond acceptors (Lipinski definition) is 6. The van der Waals surface area contributed by atoms with E-state index in [1.165, 1.54) is 16.4 Å². The Balaban J connectivity index is 1.43. The van der Waals surface area contributed by atoms with Gasteiger partial charge in [0, 0.05) is 38.3 Å². The van der Waals surface area contributed by atoms with Gasteiger partial charge in [0.1, 0.15) is 11.7 Å². The number of anilines is 1. The van der Waals surface area contributed by atoms with E-state index in [9.17, 15) is 12.8 Å². The second kappa shape index (κ2) is 8.53. The topological polar surface area (TPSA) is 77.4 Å². The summed E-state index contributed by atoms with van der Waals surface area (Å²) in [6.07, 6.45) is 0.656. The normalized spacial score (nSPS) is 20.5. The first kappa shape index (κ1) is 20.5. The largest absolute Gasteiger partial charge is 0.344 e.